The van der Waals surface area contributed by atoms with Gasteiger partial charge in [0.05, 0.1) is 0 Å². The van der Waals surface area contributed by atoms with E-state index in [0.29, 0.717) is 5.92 Å². The third kappa shape index (κ3) is 3.96. The van der Waals surface area contributed by atoms with Gasteiger partial charge in [-0.2, -0.15) is 0 Å². The molecule has 1 aliphatic carbocycles. The van der Waals surface area contributed by atoms with Crippen LogP contribution in [-0.2, 0) is 6.42 Å². The van der Waals surface area contributed by atoms with Crippen LogP contribution in [-0.4, -0.2) is 16.5 Å². The van der Waals surface area contributed by atoms with Crippen molar-refractivity contribution in [3.8, 4) is 0 Å². The Labute approximate surface area is 130 Å². The van der Waals surface area contributed by atoms with Crippen molar-refractivity contribution in [2.24, 2.45) is 5.92 Å². The van der Waals surface area contributed by atoms with Crippen molar-refractivity contribution in [2.45, 2.75) is 78.6 Å². The van der Waals surface area contributed by atoms with E-state index in [0.717, 1.165) is 30.5 Å². The lowest BCUT2D eigenvalue weighted by molar-refractivity contribution is 0.302. The molecular formula is C18H31N3. The Hall–Kier alpha value is -1.12. The van der Waals surface area contributed by atoms with E-state index in [2.05, 4.69) is 33.0 Å². The molecule has 2 rings (SSSR count). The molecule has 1 fully saturated rings. The predicted molar refractivity (Wildman–Crippen MR) is 89.9 cm³/mol. The smallest absolute Gasteiger partial charge is 0.134 e. The molecule has 0 aromatic carbocycles. The second-order valence-corrected chi connectivity index (χ2v) is 6.39. The van der Waals surface area contributed by atoms with E-state index in [1.165, 1.54) is 49.8 Å². The van der Waals surface area contributed by atoms with Crippen LogP contribution in [0.2, 0.25) is 0 Å². The van der Waals surface area contributed by atoms with E-state index < -0.39 is 0 Å². The summed E-state index contributed by atoms with van der Waals surface area (Å²) in [5, 5.41) is 3.41. The highest BCUT2D eigenvalue weighted by Crippen LogP contribution is 2.37. The molecule has 21 heavy (non-hydrogen) atoms. The Bertz CT molecular complexity index is 448. The Balaban J connectivity index is 2.14. The van der Waals surface area contributed by atoms with Crippen molar-refractivity contribution in [3.05, 3.63) is 17.1 Å². The largest absolute Gasteiger partial charge is 0.370 e. The monoisotopic (exact) mass is 289 g/mol. The van der Waals surface area contributed by atoms with Gasteiger partial charge in [-0.05, 0) is 51.9 Å². The summed E-state index contributed by atoms with van der Waals surface area (Å²) in [5.74, 6) is 3.65. The highest BCUT2D eigenvalue weighted by Gasteiger charge is 2.25. The molecule has 0 amide bonds. The maximum atomic E-state index is 4.88. The normalized spacial score (nSPS) is 22.3. The van der Waals surface area contributed by atoms with Gasteiger partial charge in [0.2, 0.25) is 0 Å². The highest BCUT2D eigenvalue weighted by atomic mass is 15.0. The fourth-order valence-corrected chi connectivity index (χ4v) is 3.57. The van der Waals surface area contributed by atoms with Crippen LogP contribution in [0, 0.1) is 12.8 Å². The van der Waals surface area contributed by atoms with Crippen molar-refractivity contribution in [2.75, 3.05) is 11.9 Å². The summed E-state index contributed by atoms with van der Waals surface area (Å²) in [6.07, 6.45) is 8.95. The Kier molecular flexibility index (Phi) is 6.01. The lowest BCUT2D eigenvalue weighted by atomic mass is 9.79. The summed E-state index contributed by atoms with van der Waals surface area (Å²) in [4.78, 5) is 9.72. The summed E-state index contributed by atoms with van der Waals surface area (Å²) in [7, 11) is 0. The van der Waals surface area contributed by atoms with Gasteiger partial charge in [-0.15, -0.1) is 0 Å². The molecule has 1 aromatic heterocycles. The number of aryl methyl sites for hydroxylation is 1. The molecule has 0 atom stereocenters. The van der Waals surface area contributed by atoms with Gasteiger partial charge in [0.25, 0.3) is 0 Å². The Morgan fingerprint density at radius 1 is 1.05 bits per heavy atom. The van der Waals surface area contributed by atoms with Crippen LogP contribution in [0.1, 0.15) is 82.3 Å². The van der Waals surface area contributed by atoms with Crippen LogP contribution in [0.5, 0.6) is 0 Å². The number of nitrogens with zero attached hydrogens (tertiary/aromatic N) is 2. The zero-order chi connectivity index (χ0) is 15.2. The van der Waals surface area contributed by atoms with Gasteiger partial charge in [-0.25, -0.2) is 9.97 Å². The SMILES string of the molecule is CCCC1CCC(c2nc(CC)c(C)c(NCC)n2)CC1. The van der Waals surface area contributed by atoms with Gasteiger partial charge in [-0.3, -0.25) is 0 Å². The predicted octanol–water partition coefficient (Wildman–Crippen LogP) is 4.85. The van der Waals surface area contributed by atoms with Crippen LogP contribution in [0.4, 0.5) is 5.82 Å². The van der Waals surface area contributed by atoms with Crippen LogP contribution in [0.15, 0.2) is 0 Å². The number of anilines is 1. The van der Waals surface area contributed by atoms with Crippen molar-refractivity contribution < 1.29 is 0 Å². The molecule has 0 saturated heterocycles. The van der Waals surface area contributed by atoms with E-state index in [4.69, 9.17) is 9.97 Å². The van der Waals surface area contributed by atoms with Crippen molar-refractivity contribution in [1.82, 2.24) is 9.97 Å². The van der Waals surface area contributed by atoms with Gasteiger partial charge in [0.1, 0.15) is 11.6 Å². The van der Waals surface area contributed by atoms with E-state index >= 15 is 0 Å². The molecule has 0 radical (unpaired) electrons. The molecule has 1 saturated carbocycles. The minimum atomic E-state index is 0.571. The number of aromatic nitrogens is 2. The highest BCUT2D eigenvalue weighted by molar-refractivity contribution is 5.46. The fourth-order valence-electron chi connectivity index (χ4n) is 3.57. The average molecular weight is 289 g/mol. The number of rotatable bonds is 6. The van der Waals surface area contributed by atoms with Gasteiger partial charge >= 0.3 is 0 Å². The minimum Gasteiger partial charge on any atom is -0.370 e. The first-order valence-electron chi connectivity index (χ1n) is 8.80. The summed E-state index contributed by atoms with van der Waals surface area (Å²) < 4.78 is 0. The first-order chi connectivity index (χ1) is 10.2. The topological polar surface area (TPSA) is 37.8 Å². The van der Waals surface area contributed by atoms with Gasteiger partial charge in [0.15, 0.2) is 0 Å². The molecular weight excluding hydrogens is 258 g/mol. The molecule has 3 nitrogen and oxygen atoms in total. The molecule has 0 unspecified atom stereocenters. The molecule has 1 N–H and O–H groups in total. The van der Waals surface area contributed by atoms with Crippen LogP contribution >= 0.6 is 0 Å². The molecule has 118 valence electrons. The van der Waals surface area contributed by atoms with Crippen LogP contribution in [0.25, 0.3) is 0 Å². The van der Waals surface area contributed by atoms with Crippen molar-refractivity contribution in [1.29, 1.82) is 0 Å². The van der Waals surface area contributed by atoms with E-state index in [1.54, 1.807) is 0 Å². The zero-order valence-electron chi connectivity index (χ0n) is 14.2. The Morgan fingerprint density at radius 3 is 2.33 bits per heavy atom. The molecule has 1 aromatic rings. The molecule has 3 heteroatoms. The summed E-state index contributed by atoms with van der Waals surface area (Å²) >= 11 is 0. The molecule has 0 spiro atoms. The number of nitrogens with one attached hydrogen (secondary N) is 1. The van der Waals surface area contributed by atoms with Crippen molar-refractivity contribution in [3.63, 3.8) is 0 Å². The standard InChI is InChI=1S/C18H31N3/c1-5-8-14-9-11-15(12-10-14)18-20-16(6-2)13(4)17(21-18)19-7-3/h14-15H,5-12H2,1-4H3,(H,19,20,21). The number of hydrogen-bond acceptors (Lipinski definition) is 3. The lowest BCUT2D eigenvalue weighted by Gasteiger charge is -2.28. The zero-order valence-corrected chi connectivity index (χ0v) is 14.2. The minimum absolute atomic E-state index is 0.571. The second kappa shape index (κ2) is 7.77. The van der Waals surface area contributed by atoms with Gasteiger partial charge in [0, 0.05) is 23.7 Å². The molecule has 1 aliphatic rings. The quantitative estimate of drug-likeness (QED) is 0.813. The van der Waals surface area contributed by atoms with E-state index in [9.17, 15) is 0 Å². The molecule has 1 heterocycles. The number of hydrogen-bond donors (Lipinski definition) is 1. The summed E-state index contributed by atoms with van der Waals surface area (Å²) in [6, 6.07) is 0. The first-order valence-corrected chi connectivity index (χ1v) is 8.80. The summed E-state index contributed by atoms with van der Waals surface area (Å²) in [6.45, 7) is 9.67. The summed E-state index contributed by atoms with van der Waals surface area (Å²) in [5.41, 5.74) is 2.44. The van der Waals surface area contributed by atoms with Crippen molar-refractivity contribution >= 4 is 5.82 Å². The maximum Gasteiger partial charge on any atom is 0.134 e. The lowest BCUT2D eigenvalue weighted by Crippen LogP contribution is -2.17. The van der Waals surface area contributed by atoms with Gasteiger partial charge in [-0.1, -0.05) is 26.7 Å². The maximum absolute atomic E-state index is 4.88. The third-order valence-corrected chi connectivity index (χ3v) is 4.85. The average Bonchev–Trinajstić information content (AvgIpc) is 2.51. The van der Waals surface area contributed by atoms with Crippen LogP contribution < -0.4 is 5.32 Å². The first kappa shape index (κ1) is 16.3. The molecule has 0 aliphatic heterocycles. The van der Waals surface area contributed by atoms with E-state index in [-0.39, 0.29) is 0 Å². The fraction of sp³-hybridized carbons (Fsp3) is 0.778. The van der Waals surface area contributed by atoms with E-state index in [1.807, 2.05) is 0 Å². The Morgan fingerprint density at radius 2 is 1.76 bits per heavy atom. The second-order valence-electron chi connectivity index (χ2n) is 6.39. The molecule has 0 bridgehead atoms. The van der Waals surface area contributed by atoms with Gasteiger partial charge < -0.3 is 5.32 Å². The van der Waals surface area contributed by atoms with Crippen LogP contribution in [0.3, 0.4) is 0 Å². The third-order valence-electron chi connectivity index (χ3n) is 4.85.